The monoisotopic (exact) mass is 642 g/mol. The molecule has 12 heteroatoms. The molecule has 2 unspecified atom stereocenters. The van der Waals surface area contributed by atoms with Crippen LogP contribution >= 0.6 is 0 Å². The third kappa shape index (κ3) is 9.09. The van der Waals surface area contributed by atoms with E-state index in [0.717, 1.165) is 31.0 Å². The smallest absolute Gasteiger partial charge is 0.253 e. The summed E-state index contributed by atoms with van der Waals surface area (Å²) in [5.41, 5.74) is 2.58. The van der Waals surface area contributed by atoms with Crippen molar-refractivity contribution in [2.75, 3.05) is 30.1 Å². The molecule has 3 atom stereocenters. The Morgan fingerprint density at radius 3 is 2.31 bits per heavy atom. The summed E-state index contributed by atoms with van der Waals surface area (Å²) in [4.78, 5) is 28.6. The Labute approximate surface area is 263 Å². The van der Waals surface area contributed by atoms with Gasteiger partial charge in [0.25, 0.3) is 11.8 Å². The molecule has 0 saturated heterocycles. The normalized spacial score (nSPS) is 16.6. The minimum atomic E-state index is -3.63. The van der Waals surface area contributed by atoms with Gasteiger partial charge in [-0.05, 0) is 79.3 Å². The lowest BCUT2D eigenvalue weighted by atomic mass is 9.98. The summed E-state index contributed by atoms with van der Waals surface area (Å²) >= 11 is 0. The molecule has 0 aliphatic carbocycles. The molecular weight excluding hydrogens is 602 g/mol. The zero-order chi connectivity index (χ0) is 32.7. The SMILES string of the molecule is CCCN(CCC)C(=O)c1cc(C)cc(C(=O)NC(Cc2cc(F)cc(F)c2)C(O)CN[C@H]2CS(=O)(=O)Nc3ccccc32)c1. The zero-order valence-electron chi connectivity index (χ0n) is 25.6. The summed E-state index contributed by atoms with van der Waals surface area (Å²) in [6.07, 6.45) is 0.158. The molecule has 4 N–H and O–H groups in total. The number of nitrogens with one attached hydrogen (secondary N) is 3. The van der Waals surface area contributed by atoms with Gasteiger partial charge in [-0.3, -0.25) is 14.3 Å². The number of fused-ring (bicyclic) bond motifs is 1. The first-order valence-electron chi connectivity index (χ1n) is 15.1. The Morgan fingerprint density at radius 1 is 1.00 bits per heavy atom. The van der Waals surface area contributed by atoms with Crippen molar-refractivity contribution in [1.82, 2.24) is 15.5 Å². The summed E-state index contributed by atoms with van der Waals surface area (Å²) in [7, 11) is -3.63. The molecule has 242 valence electrons. The number of aliphatic hydroxyl groups is 1. The average Bonchev–Trinajstić information content (AvgIpc) is 2.97. The Kier molecular flexibility index (Phi) is 11.3. The Balaban J connectivity index is 1.58. The molecule has 0 saturated carbocycles. The summed E-state index contributed by atoms with van der Waals surface area (Å²) < 4.78 is 55.5. The molecule has 3 aromatic carbocycles. The molecule has 1 heterocycles. The molecule has 1 aliphatic rings. The predicted octanol–water partition coefficient (Wildman–Crippen LogP) is 4.32. The van der Waals surface area contributed by atoms with Crippen LogP contribution in [-0.4, -0.2) is 67.8 Å². The van der Waals surface area contributed by atoms with Crippen LogP contribution in [0.15, 0.2) is 60.7 Å². The fourth-order valence-electron chi connectivity index (χ4n) is 5.58. The number of rotatable bonds is 13. The van der Waals surface area contributed by atoms with Crippen molar-refractivity contribution in [2.45, 2.75) is 58.2 Å². The fraction of sp³-hybridized carbons (Fsp3) is 0.394. The van der Waals surface area contributed by atoms with E-state index < -0.39 is 45.8 Å². The van der Waals surface area contributed by atoms with Gasteiger partial charge in [-0.25, -0.2) is 17.2 Å². The second kappa shape index (κ2) is 14.9. The van der Waals surface area contributed by atoms with E-state index in [2.05, 4.69) is 15.4 Å². The van der Waals surface area contributed by atoms with Crippen molar-refractivity contribution >= 4 is 27.5 Å². The maximum atomic E-state index is 14.0. The van der Waals surface area contributed by atoms with Crippen LogP contribution in [0.4, 0.5) is 14.5 Å². The molecule has 0 fully saturated rings. The van der Waals surface area contributed by atoms with Gasteiger partial charge in [0, 0.05) is 36.8 Å². The molecule has 3 aromatic rings. The number of anilines is 1. The Bertz CT molecular complexity index is 1610. The van der Waals surface area contributed by atoms with Crippen LogP contribution in [0.3, 0.4) is 0 Å². The second-order valence-corrected chi connectivity index (χ2v) is 13.2. The van der Waals surface area contributed by atoms with Gasteiger partial charge in [-0.15, -0.1) is 0 Å². The molecule has 0 aromatic heterocycles. The van der Waals surface area contributed by atoms with E-state index in [1.807, 2.05) is 13.8 Å². The van der Waals surface area contributed by atoms with Gasteiger partial charge in [0.05, 0.1) is 29.6 Å². The molecule has 45 heavy (non-hydrogen) atoms. The number of nitrogens with zero attached hydrogens (tertiary/aromatic N) is 1. The Morgan fingerprint density at radius 2 is 1.64 bits per heavy atom. The van der Waals surface area contributed by atoms with Gasteiger partial charge >= 0.3 is 0 Å². The number of sulfonamides is 1. The highest BCUT2D eigenvalue weighted by Crippen LogP contribution is 2.30. The van der Waals surface area contributed by atoms with Crippen LogP contribution < -0.4 is 15.4 Å². The van der Waals surface area contributed by atoms with E-state index in [9.17, 15) is 31.9 Å². The third-order valence-electron chi connectivity index (χ3n) is 7.58. The van der Waals surface area contributed by atoms with Gasteiger partial charge in [-0.2, -0.15) is 0 Å². The highest BCUT2D eigenvalue weighted by molar-refractivity contribution is 7.92. The van der Waals surface area contributed by atoms with E-state index in [4.69, 9.17) is 0 Å². The maximum absolute atomic E-state index is 14.0. The van der Waals surface area contributed by atoms with Crippen LogP contribution in [0.2, 0.25) is 0 Å². The van der Waals surface area contributed by atoms with Gasteiger partial charge in [-0.1, -0.05) is 32.0 Å². The zero-order valence-corrected chi connectivity index (χ0v) is 26.5. The molecule has 2 amide bonds. The van der Waals surface area contributed by atoms with Crippen molar-refractivity contribution in [3.05, 3.63) is 100 Å². The molecule has 0 spiro atoms. The van der Waals surface area contributed by atoms with Crippen LogP contribution in [0.5, 0.6) is 0 Å². The molecule has 0 radical (unpaired) electrons. The van der Waals surface area contributed by atoms with Crippen LogP contribution in [-0.2, 0) is 16.4 Å². The number of hydrogen-bond acceptors (Lipinski definition) is 6. The molecule has 1 aliphatic heterocycles. The van der Waals surface area contributed by atoms with Gasteiger partial charge in [0.15, 0.2) is 0 Å². The number of carbonyl (C=O) groups is 2. The van der Waals surface area contributed by atoms with Crippen molar-refractivity contribution in [1.29, 1.82) is 0 Å². The first-order chi connectivity index (χ1) is 21.4. The lowest BCUT2D eigenvalue weighted by Gasteiger charge is -2.30. The van der Waals surface area contributed by atoms with E-state index in [0.29, 0.717) is 35.5 Å². The number of halogens is 2. The standard InChI is InChI=1S/C33H40F2N4O5S/c1-4-10-39(11-5-2)33(42)24-13-21(3)12-23(17-24)32(41)37-29(16-22-14-25(34)18-26(35)15-22)31(40)19-36-30-20-45(43,44)38-28-9-7-6-8-27(28)30/h6-9,12-15,17-18,29-31,36,38,40H,4-5,10-11,16,19-20H2,1-3H3,(H,37,41)/t29?,30-,31?/m0/s1. The van der Waals surface area contributed by atoms with Crippen molar-refractivity contribution in [3.63, 3.8) is 0 Å². The van der Waals surface area contributed by atoms with Gasteiger partial charge < -0.3 is 20.6 Å². The maximum Gasteiger partial charge on any atom is 0.253 e. The number of carbonyl (C=O) groups excluding carboxylic acids is 2. The van der Waals surface area contributed by atoms with E-state index in [1.54, 1.807) is 48.2 Å². The number of aliphatic hydroxyl groups excluding tert-OH is 1. The van der Waals surface area contributed by atoms with Crippen molar-refractivity contribution in [3.8, 4) is 0 Å². The van der Waals surface area contributed by atoms with Crippen LogP contribution in [0.25, 0.3) is 0 Å². The topological polar surface area (TPSA) is 128 Å². The van der Waals surface area contributed by atoms with E-state index >= 15 is 0 Å². The summed E-state index contributed by atoms with van der Waals surface area (Å²) in [5.74, 6) is -2.64. The lowest BCUT2D eigenvalue weighted by molar-refractivity contribution is 0.0755. The van der Waals surface area contributed by atoms with Gasteiger partial charge in [0.1, 0.15) is 11.6 Å². The highest BCUT2D eigenvalue weighted by Gasteiger charge is 2.31. The van der Waals surface area contributed by atoms with Crippen molar-refractivity contribution < 1.29 is 31.9 Å². The first kappa shape index (κ1) is 34.0. The molecule has 0 bridgehead atoms. The predicted molar refractivity (Wildman–Crippen MR) is 170 cm³/mol. The second-order valence-electron chi connectivity index (χ2n) is 11.4. The van der Waals surface area contributed by atoms with Crippen LogP contribution in [0.1, 0.15) is 70.1 Å². The third-order valence-corrected chi connectivity index (χ3v) is 8.88. The Hall–Kier alpha value is -3.87. The molecule has 4 rings (SSSR count). The number of amides is 2. The summed E-state index contributed by atoms with van der Waals surface area (Å²) in [6, 6.07) is 13.0. The minimum absolute atomic E-state index is 0.122. The first-order valence-corrected chi connectivity index (χ1v) is 16.7. The van der Waals surface area contributed by atoms with E-state index in [-0.39, 0.29) is 35.8 Å². The lowest BCUT2D eigenvalue weighted by Crippen LogP contribution is -2.50. The van der Waals surface area contributed by atoms with Crippen molar-refractivity contribution in [2.24, 2.45) is 0 Å². The number of para-hydroxylation sites is 1. The number of benzene rings is 3. The number of hydrogen-bond donors (Lipinski definition) is 4. The van der Waals surface area contributed by atoms with Gasteiger partial charge in [0.2, 0.25) is 10.0 Å². The van der Waals surface area contributed by atoms with Crippen LogP contribution in [0, 0.1) is 18.6 Å². The fourth-order valence-corrected chi connectivity index (χ4v) is 6.92. The minimum Gasteiger partial charge on any atom is -0.390 e. The average molecular weight is 643 g/mol. The quantitative estimate of drug-likeness (QED) is 0.220. The largest absolute Gasteiger partial charge is 0.390 e. The molecule has 9 nitrogen and oxygen atoms in total. The number of aryl methyl sites for hydroxylation is 1. The summed E-state index contributed by atoms with van der Waals surface area (Å²) in [5, 5.41) is 17.2. The molecular formula is C33H40F2N4O5S. The summed E-state index contributed by atoms with van der Waals surface area (Å²) in [6.45, 7) is 6.76. The highest BCUT2D eigenvalue weighted by atomic mass is 32.2. The van der Waals surface area contributed by atoms with E-state index in [1.165, 1.54) is 6.07 Å².